The number of alkyl halides is 1. The standard InChI is InChI=1S/C23H40ClN3O4/c1-3-8-26-12-25-13(2)16-6-9-27(22(16)26)23-19(29)18(28)21(31-23)20-17-5-4-15(24)11-14(17)7-10-30-20/h13-23,25,28-29H,3-12H2,1-2H3/t13?,14?,15?,16?,17?,18-,19+,20-,21-,22?,23+/m0/s1. The van der Waals surface area contributed by atoms with Gasteiger partial charge in [-0.1, -0.05) is 6.92 Å². The highest BCUT2D eigenvalue weighted by atomic mass is 35.5. The Morgan fingerprint density at radius 3 is 2.71 bits per heavy atom. The highest BCUT2D eigenvalue weighted by Crippen LogP contribution is 2.45. The van der Waals surface area contributed by atoms with Crippen molar-refractivity contribution in [2.24, 2.45) is 17.8 Å². The molecule has 3 N–H and O–H groups in total. The molecule has 4 aliphatic heterocycles. The van der Waals surface area contributed by atoms with Crippen LogP contribution in [0.1, 0.15) is 52.4 Å². The predicted octanol–water partition coefficient (Wildman–Crippen LogP) is 1.55. The van der Waals surface area contributed by atoms with E-state index in [0.717, 1.165) is 58.3 Å². The van der Waals surface area contributed by atoms with Crippen LogP contribution in [0.25, 0.3) is 0 Å². The van der Waals surface area contributed by atoms with Crippen LogP contribution in [0, 0.1) is 17.8 Å². The van der Waals surface area contributed by atoms with Crippen LogP contribution in [0.15, 0.2) is 0 Å². The Bertz CT molecular complexity index is 630. The number of hydrogen-bond acceptors (Lipinski definition) is 7. The second-order valence-corrected chi connectivity index (χ2v) is 11.1. The van der Waals surface area contributed by atoms with Crippen molar-refractivity contribution in [3.8, 4) is 0 Å². The first-order valence-electron chi connectivity index (χ1n) is 12.5. The number of rotatable bonds is 4. The smallest absolute Gasteiger partial charge is 0.141 e. The van der Waals surface area contributed by atoms with Crippen molar-refractivity contribution in [3.63, 3.8) is 0 Å². The maximum atomic E-state index is 11.1. The zero-order valence-corrected chi connectivity index (χ0v) is 19.7. The monoisotopic (exact) mass is 457 g/mol. The van der Waals surface area contributed by atoms with E-state index >= 15 is 0 Å². The molecule has 0 aromatic heterocycles. The van der Waals surface area contributed by atoms with Gasteiger partial charge in [-0.2, -0.15) is 0 Å². The molecule has 0 aromatic carbocycles. The molecule has 4 heterocycles. The SMILES string of the molecule is CCCN1CNC(C)C2CCN([C@@H]3O[C@H]([C@H]4OCCC5CC(Cl)CCC54)[C@@H](O)[C@H]3O)C21. The van der Waals surface area contributed by atoms with Crippen molar-refractivity contribution in [2.75, 3.05) is 26.4 Å². The lowest BCUT2D eigenvalue weighted by atomic mass is 9.71. The van der Waals surface area contributed by atoms with Crippen LogP contribution in [0.2, 0.25) is 0 Å². The molecule has 11 atom stereocenters. The molecule has 0 bridgehead atoms. The fourth-order valence-corrected chi connectivity index (χ4v) is 7.49. The molecule has 4 saturated heterocycles. The summed E-state index contributed by atoms with van der Waals surface area (Å²) in [6, 6.07) is 0.440. The average Bonchev–Trinajstić information content (AvgIpc) is 3.32. The quantitative estimate of drug-likeness (QED) is 0.553. The highest BCUT2D eigenvalue weighted by molar-refractivity contribution is 6.20. The van der Waals surface area contributed by atoms with Crippen LogP contribution in [0.5, 0.6) is 0 Å². The van der Waals surface area contributed by atoms with Crippen LogP contribution in [0.4, 0.5) is 0 Å². The summed E-state index contributed by atoms with van der Waals surface area (Å²) >= 11 is 6.44. The average molecular weight is 458 g/mol. The molecule has 178 valence electrons. The van der Waals surface area contributed by atoms with Gasteiger partial charge in [-0.3, -0.25) is 9.80 Å². The van der Waals surface area contributed by atoms with Crippen LogP contribution in [-0.2, 0) is 9.47 Å². The first kappa shape index (κ1) is 22.8. The molecule has 5 aliphatic rings. The topological polar surface area (TPSA) is 77.4 Å². The zero-order chi connectivity index (χ0) is 21.7. The van der Waals surface area contributed by atoms with Crippen molar-refractivity contribution in [3.05, 3.63) is 0 Å². The van der Waals surface area contributed by atoms with Gasteiger partial charge < -0.3 is 25.0 Å². The summed E-state index contributed by atoms with van der Waals surface area (Å²) in [4.78, 5) is 4.80. The number of hydrogen-bond donors (Lipinski definition) is 3. The van der Waals surface area contributed by atoms with E-state index in [9.17, 15) is 10.2 Å². The number of nitrogens with zero attached hydrogens (tertiary/aromatic N) is 2. The van der Waals surface area contributed by atoms with E-state index < -0.39 is 24.5 Å². The minimum atomic E-state index is -0.916. The molecule has 1 aliphatic carbocycles. The van der Waals surface area contributed by atoms with Gasteiger partial charge in [0, 0.05) is 43.7 Å². The van der Waals surface area contributed by atoms with E-state index in [1.807, 2.05) is 0 Å². The molecule has 0 amide bonds. The third-order valence-electron chi connectivity index (χ3n) is 8.71. The number of likely N-dealkylation sites (tertiary alicyclic amines) is 1. The molecule has 0 spiro atoms. The summed E-state index contributed by atoms with van der Waals surface area (Å²) < 4.78 is 12.7. The molecular formula is C23H40ClN3O4. The van der Waals surface area contributed by atoms with Crippen LogP contribution < -0.4 is 5.32 Å². The first-order chi connectivity index (χ1) is 15.0. The van der Waals surface area contributed by atoms with Crippen LogP contribution in [-0.4, -0.2) is 94.6 Å². The summed E-state index contributed by atoms with van der Waals surface area (Å²) in [6.45, 7) is 7.91. The second kappa shape index (κ2) is 9.34. The molecule has 7 nitrogen and oxygen atoms in total. The van der Waals surface area contributed by atoms with Gasteiger partial charge in [0.05, 0.1) is 12.3 Å². The predicted molar refractivity (Wildman–Crippen MR) is 119 cm³/mol. The van der Waals surface area contributed by atoms with Gasteiger partial charge in [-0.15, -0.1) is 11.6 Å². The lowest BCUT2D eigenvalue weighted by Crippen LogP contribution is -2.63. The van der Waals surface area contributed by atoms with Gasteiger partial charge in [0.2, 0.25) is 0 Å². The number of aliphatic hydroxyl groups excluding tert-OH is 2. The molecule has 8 heteroatoms. The number of halogens is 1. The second-order valence-electron chi connectivity index (χ2n) is 10.5. The van der Waals surface area contributed by atoms with Crippen LogP contribution >= 0.6 is 11.6 Å². The summed E-state index contributed by atoms with van der Waals surface area (Å²) in [5, 5.41) is 26.0. The lowest BCUT2D eigenvalue weighted by Gasteiger charge is -2.47. The third-order valence-corrected chi connectivity index (χ3v) is 9.11. The van der Waals surface area contributed by atoms with E-state index in [1.54, 1.807) is 0 Å². The van der Waals surface area contributed by atoms with Crippen molar-refractivity contribution >= 4 is 11.6 Å². The van der Waals surface area contributed by atoms with Crippen molar-refractivity contribution in [1.29, 1.82) is 0 Å². The Balaban J connectivity index is 1.33. The van der Waals surface area contributed by atoms with Crippen molar-refractivity contribution < 1.29 is 19.7 Å². The Kier molecular flexibility index (Phi) is 6.86. The molecule has 5 fully saturated rings. The molecule has 5 rings (SSSR count). The maximum absolute atomic E-state index is 11.1. The largest absolute Gasteiger partial charge is 0.387 e. The maximum Gasteiger partial charge on any atom is 0.141 e. The number of aliphatic hydroxyl groups is 2. The third kappa shape index (κ3) is 4.08. The van der Waals surface area contributed by atoms with Crippen molar-refractivity contribution in [2.45, 2.75) is 101 Å². The van der Waals surface area contributed by atoms with Gasteiger partial charge >= 0.3 is 0 Å². The van der Waals surface area contributed by atoms with E-state index in [-0.39, 0.29) is 17.6 Å². The molecular weight excluding hydrogens is 418 g/mol. The minimum Gasteiger partial charge on any atom is -0.387 e. The van der Waals surface area contributed by atoms with Gasteiger partial charge in [-0.25, -0.2) is 0 Å². The fourth-order valence-electron chi connectivity index (χ4n) is 7.14. The van der Waals surface area contributed by atoms with Gasteiger partial charge in [0.15, 0.2) is 0 Å². The lowest BCUT2D eigenvalue weighted by molar-refractivity contribution is -0.182. The number of ether oxygens (including phenoxy) is 2. The van der Waals surface area contributed by atoms with E-state index in [0.29, 0.717) is 30.4 Å². The van der Waals surface area contributed by atoms with Gasteiger partial charge in [-0.05, 0) is 57.3 Å². The fraction of sp³-hybridized carbons (Fsp3) is 1.00. The minimum absolute atomic E-state index is 0.158. The van der Waals surface area contributed by atoms with Gasteiger partial charge in [0.25, 0.3) is 0 Å². The Morgan fingerprint density at radius 2 is 1.90 bits per heavy atom. The number of fused-ring (bicyclic) bond motifs is 2. The number of nitrogens with one attached hydrogen (secondary N) is 1. The molecule has 0 aromatic rings. The van der Waals surface area contributed by atoms with E-state index in [4.69, 9.17) is 21.1 Å². The van der Waals surface area contributed by atoms with Crippen LogP contribution in [0.3, 0.4) is 0 Å². The van der Waals surface area contributed by atoms with E-state index in [1.165, 1.54) is 0 Å². The van der Waals surface area contributed by atoms with Crippen molar-refractivity contribution in [1.82, 2.24) is 15.1 Å². The van der Waals surface area contributed by atoms with E-state index in [2.05, 4.69) is 29.0 Å². The molecule has 6 unspecified atom stereocenters. The molecule has 0 radical (unpaired) electrons. The molecule has 31 heavy (non-hydrogen) atoms. The normalized spacial score (nSPS) is 51.6. The first-order valence-corrected chi connectivity index (χ1v) is 12.9. The molecule has 1 saturated carbocycles. The summed E-state index contributed by atoms with van der Waals surface area (Å²) in [5.74, 6) is 1.39. The summed E-state index contributed by atoms with van der Waals surface area (Å²) in [5.41, 5.74) is 0. The highest BCUT2D eigenvalue weighted by Gasteiger charge is 2.56. The summed E-state index contributed by atoms with van der Waals surface area (Å²) in [7, 11) is 0. The van der Waals surface area contributed by atoms with Gasteiger partial charge in [0.1, 0.15) is 24.5 Å². The Hall–Kier alpha value is 0.01000. The Morgan fingerprint density at radius 1 is 1.06 bits per heavy atom. The Labute approximate surface area is 191 Å². The zero-order valence-electron chi connectivity index (χ0n) is 18.9. The summed E-state index contributed by atoms with van der Waals surface area (Å²) in [6.07, 6.45) is 3.53.